The Morgan fingerprint density at radius 3 is 2.64 bits per heavy atom. The fourth-order valence-corrected chi connectivity index (χ4v) is 3.70. The quantitative estimate of drug-likeness (QED) is 0.872. The van der Waals surface area contributed by atoms with Gasteiger partial charge in [-0.2, -0.15) is 0 Å². The van der Waals surface area contributed by atoms with Crippen LogP contribution in [0, 0.1) is 0 Å². The highest BCUT2D eigenvalue weighted by atomic mass is 16.4. The van der Waals surface area contributed by atoms with Crippen molar-refractivity contribution in [3.05, 3.63) is 17.2 Å². The molecule has 2 atom stereocenters. The molecule has 0 bridgehead atoms. The zero-order valence-corrected chi connectivity index (χ0v) is 12.7. The summed E-state index contributed by atoms with van der Waals surface area (Å²) in [5.74, 6) is -1.90. The fraction of sp³-hybridized carbons (Fsp3) is 0.667. The van der Waals surface area contributed by atoms with E-state index in [2.05, 4.69) is 16.8 Å². The van der Waals surface area contributed by atoms with E-state index in [1.165, 1.54) is 0 Å². The molecule has 2 aliphatic heterocycles. The summed E-state index contributed by atoms with van der Waals surface area (Å²) in [6, 6.07) is 0. The van der Waals surface area contributed by atoms with Crippen molar-refractivity contribution in [2.45, 2.75) is 44.6 Å². The molecule has 0 saturated carbocycles. The number of carboxylic acids is 2. The minimum Gasteiger partial charge on any atom is -0.481 e. The van der Waals surface area contributed by atoms with Gasteiger partial charge in [0.15, 0.2) is 5.69 Å². The number of carbonyl (C=O) groups is 2. The molecule has 3 heterocycles. The zero-order valence-electron chi connectivity index (χ0n) is 12.7. The van der Waals surface area contributed by atoms with Gasteiger partial charge in [-0.1, -0.05) is 6.92 Å². The standard InChI is InChI=1S/C15H21N3O4/c1-2-17-7-5-9(8-17)13-16-11(15(21)22)12-10(14(19)20)4-3-6-18(12)13/h9-10H,2-8H2,1H3,(H,19,20)(H,21,22). The van der Waals surface area contributed by atoms with Gasteiger partial charge in [0.05, 0.1) is 11.6 Å². The number of hydrogen-bond donors (Lipinski definition) is 2. The molecule has 1 aromatic rings. The topological polar surface area (TPSA) is 95.7 Å². The Labute approximate surface area is 128 Å². The summed E-state index contributed by atoms with van der Waals surface area (Å²) in [7, 11) is 0. The number of aromatic nitrogens is 2. The Morgan fingerprint density at radius 1 is 1.27 bits per heavy atom. The zero-order chi connectivity index (χ0) is 15.9. The number of imidazole rings is 1. The van der Waals surface area contributed by atoms with Gasteiger partial charge in [0, 0.05) is 19.0 Å². The number of carboxylic acid groups (broad SMARTS) is 2. The van der Waals surface area contributed by atoms with Crippen molar-refractivity contribution in [2.75, 3.05) is 19.6 Å². The van der Waals surface area contributed by atoms with Crippen molar-refractivity contribution in [3.63, 3.8) is 0 Å². The average Bonchev–Trinajstić information content (AvgIpc) is 3.10. The second kappa shape index (κ2) is 5.72. The number of likely N-dealkylation sites (tertiary alicyclic amines) is 1. The predicted octanol–water partition coefficient (Wildman–Crippen LogP) is 1.35. The molecule has 2 aliphatic rings. The molecule has 0 radical (unpaired) electrons. The third-order valence-corrected chi connectivity index (χ3v) is 4.83. The first-order valence-electron chi connectivity index (χ1n) is 7.81. The lowest BCUT2D eigenvalue weighted by Crippen LogP contribution is -2.25. The highest BCUT2D eigenvalue weighted by Gasteiger charge is 2.37. The van der Waals surface area contributed by atoms with Gasteiger partial charge in [-0.15, -0.1) is 0 Å². The van der Waals surface area contributed by atoms with Gasteiger partial charge in [-0.05, 0) is 32.4 Å². The highest BCUT2D eigenvalue weighted by Crippen LogP contribution is 2.36. The molecule has 1 aromatic heterocycles. The number of fused-ring (bicyclic) bond motifs is 1. The summed E-state index contributed by atoms with van der Waals surface area (Å²) in [5.41, 5.74) is 0.313. The molecule has 0 spiro atoms. The lowest BCUT2D eigenvalue weighted by atomic mass is 9.94. The Kier molecular flexibility index (Phi) is 3.90. The molecule has 120 valence electrons. The van der Waals surface area contributed by atoms with Crippen LogP contribution in [0.5, 0.6) is 0 Å². The Morgan fingerprint density at radius 2 is 2.05 bits per heavy atom. The van der Waals surface area contributed by atoms with E-state index in [0.29, 0.717) is 18.7 Å². The number of hydrogen-bond acceptors (Lipinski definition) is 4. The van der Waals surface area contributed by atoms with Crippen LogP contribution in [-0.4, -0.2) is 56.2 Å². The van der Waals surface area contributed by atoms with E-state index in [9.17, 15) is 19.8 Å². The van der Waals surface area contributed by atoms with Crippen molar-refractivity contribution in [3.8, 4) is 0 Å². The van der Waals surface area contributed by atoms with Gasteiger partial charge < -0.3 is 19.7 Å². The van der Waals surface area contributed by atoms with Crippen LogP contribution in [0.25, 0.3) is 0 Å². The summed E-state index contributed by atoms with van der Waals surface area (Å²) in [4.78, 5) is 29.6. The molecule has 2 unspecified atom stereocenters. The van der Waals surface area contributed by atoms with Gasteiger partial charge in [-0.25, -0.2) is 9.78 Å². The second-order valence-electron chi connectivity index (χ2n) is 6.07. The molecular weight excluding hydrogens is 286 g/mol. The van der Waals surface area contributed by atoms with Crippen LogP contribution in [-0.2, 0) is 11.3 Å². The van der Waals surface area contributed by atoms with Crippen molar-refractivity contribution < 1.29 is 19.8 Å². The molecule has 7 nitrogen and oxygen atoms in total. The number of aromatic carboxylic acids is 1. The molecule has 0 amide bonds. The first kappa shape index (κ1) is 15.0. The van der Waals surface area contributed by atoms with E-state index < -0.39 is 17.9 Å². The smallest absolute Gasteiger partial charge is 0.356 e. The third-order valence-electron chi connectivity index (χ3n) is 4.83. The number of likely N-dealkylation sites (N-methyl/N-ethyl adjacent to an activating group) is 1. The first-order chi connectivity index (χ1) is 10.5. The summed E-state index contributed by atoms with van der Waals surface area (Å²) in [6.07, 6.45) is 2.17. The molecule has 22 heavy (non-hydrogen) atoms. The monoisotopic (exact) mass is 307 g/mol. The van der Waals surface area contributed by atoms with E-state index in [4.69, 9.17) is 0 Å². The lowest BCUT2D eigenvalue weighted by molar-refractivity contribution is -0.139. The normalized spacial score (nSPS) is 25.1. The molecule has 1 saturated heterocycles. The largest absolute Gasteiger partial charge is 0.481 e. The molecule has 1 fully saturated rings. The predicted molar refractivity (Wildman–Crippen MR) is 78.3 cm³/mol. The molecule has 0 aliphatic carbocycles. The summed E-state index contributed by atoms with van der Waals surface area (Å²) in [6.45, 7) is 5.58. The highest BCUT2D eigenvalue weighted by molar-refractivity contribution is 5.90. The molecule has 3 rings (SSSR count). The van der Waals surface area contributed by atoms with Crippen LogP contribution in [0.3, 0.4) is 0 Å². The minimum absolute atomic E-state index is 0.0722. The van der Waals surface area contributed by atoms with Crippen LogP contribution in [0.1, 0.15) is 60.0 Å². The Hall–Kier alpha value is -1.89. The number of nitrogens with zero attached hydrogens (tertiary/aromatic N) is 3. The molecular formula is C15H21N3O4. The molecule has 2 N–H and O–H groups in total. The van der Waals surface area contributed by atoms with Crippen LogP contribution >= 0.6 is 0 Å². The van der Waals surface area contributed by atoms with Crippen molar-refractivity contribution in [1.82, 2.24) is 14.5 Å². The van der Waals surface area contributed by atoms with E-state index in [1.807, 2.05) is 4.57 Å². The van der Waals surface area contributed by atoms with Gasteiger partial charge in [-0.3, -0.25) is 4.79 Å². The van der Waals surface area contributed by atoms with Crippen LogP contribution < -0.4 is 0 Å². The second-order valence-corrected chi connectivity index (χ2v) is 6.07. The number of rotatable bonds is 4. The lowest BCUT2D eigenvalue weighted by Gasteiger charge is -2.24. The minimum atomic E-state index is -1.13. The molecule has 0 aromatic carbocycles. The van der Waals surface area contributed by atoms with E-state index in [0.717, 1.165) is 38.3 Å². The van der Waals surface area contributed by atoms with Crippen molar-refractivity contribution in [1.29, 1.82) is 0 Å². The summed E-state index contributed by atoms with van der Waals surface area (Å²) >= 11 is 0. The van der Waals surface area contributed by atoms with Gasteiger partial charge >= 0.3 is 11.9 Å². The van der Waals surface area contributed by atoms with Gasteiger partial charge in [0.2, 0.25) is 0 Å². The van der Waals surface area contributed by atoms with E-state index in [-0.39, 0.29) is 11.6 Å². The maximum atomic E-state index is 11.5. The van der Waals surface area contributed by atoms with Crippen LogP contribution in [0.2, 0.25) is 0 Å². The average molecular weight is 307 g/mol. The van der Waals surface area contributed by atoms with Crippen LogP contribution in [0.15, 0.2) is 0 Å². The maximum absolute atomic E-state index is 11.5. The maximum Gasteiger partial charge on any atom is 0.356 e. The first-order valence-corrected chi connectivity index (χ1v) is 7.81. The number of aliphatic carboxylic acids is 1. The van der Waals surface area contributed by atoms with Gasteiger partial charge in [0.25, 0.3) is 0 Å². The Balaban J connectivity index is 2.04. The molecule has 7 heteroatoms. The summed E-state index contributed by atoms with van der Waals surface area (Å²) in [5, 5.41) is 18.8. The Bertz CT molecular complexity index is 610. The van der Waals surface area contributed by atoms with Crippen LogP contribution in [0.4, 0.5) is 0 Å². The fourth-order valence-electron chi connectivity index (χ4n) is 3.70. The summed E-state index contributed by atoms with van der Waals surface area (Å²) < 4.78 is 1.87. The SMILES string of the molecule is CCN1CCC(c2nc(C(=O)O)c3n2CCCC3C(=O)O)C1. The third kappa shape index (κ3) is 2.39. The van der Waals surface area contributed by atoms with Gasteiger partial charge in [0.1, 0.15) is 5.82 Å². The van der Waals surface area contributed by atoms with Crippen molar-refractivity contribution >= 4 is 11.9 Å². The van der Waals surface area contributed by atoms with Crippen molar-refractivity contribution in [2.24, 2.45) is 0 Å². The van der Waals surface area contributed by atoms with E-state index >= 15 is 0 Å². The van der Waals surface area contributed by atoms with E-state index in [1.54, 1.807) is 0 Å².